The second-order valence-electron chi connectivity index (χ2n) is 5.16. The van der Waals surface area contributed by atoms with Crippen LogP contribution in [0.5, 0.6) is 0 Å². The normalized spacial score (nSPS) is 11.1. The van der Waals surface area contributed by atoms with E-state index in [9.17, 15) is 10.1 Å². The van der Waals surface area contributed by atoms with Crippen molar-refractivity contribution < 1.29 is 0 Å². The van der Waals surface area contributed by atoms with Gasteiger partial charge in [-0.05, 0) is 5.39 Å². The van der Waals surface area contributed by atoms with Crippen molar-refractivity contribution in [3.63, 3.8) is 0 Å². The molecule has 2 aromatic heterocycles. The molecule has 0 atom stereocenters. The van der Waals surface area contributed by atoms with Gasteiger partial charge in [-0.1, -0.05) is 48.6 Å². The number of nitrogens with two attached hydrogens (primary N) is 1. The summed E-state index contributed by atoms with van der Waals surface area (Å²) in [6.07, 6.45) is 0. The number of benzene rings is 2. The van der Waals surface area contributed by atoms with Crippen molar-refractivity contribution in [2.24, 2.45) is 0 Å². The molecule has 2 heterocycles. The van der Waals surface area contributed by atoms with Gasteiger partial charge in [0.05, 0.1) is 21.3 Å². The number of nitrogens with zero attached hydrogens (tertiary/aromatic N) is 1. The largest absolute Gasteiger partial charge is 0.397 e. The number of rotatable bonds is 0. The van der Waals surface area contributed by atoms with Crippen LogP contribution in [0, 0.1) is 15.2 Å². The Hall–Kier alpha value is -2.75. The lowest BCUT2D eigenvalue weighted by Gasteiger charge is -2.09. The lowest BCUT2D eigenvalue weighted by Crippen LogP contribution is -2.09. The molecule has 0 aliphatic carbocycles. The number of aromatic nitrogens is 1. The van der Waals surface area contributed by atoms with Crippen molar-refractivity contribution in [2.45, 2.75) is 0 Å². The fourth-order valence-electron chi connectivity index (χ4n) is 2.84. The van der Waals surface area contributed by atoms with Crippen molar-refractivity contribution in [1.29, 1.82) is 5.26 Å². The molecule has 0 fully saturated rings. The maximum absolute atomic E-state index is 12.6. The summed E-state index contributed by atoms with van der Waals surface area (Å²) in [6.45, 7) is 0. The van der Waals surface area contributed by atoms with Crippen LogP contribution in [0.3, 0.4) is 0 Å². The van der Waals surface area contributed by atoms with Gasteiger partial charge in [0.15, 0.2) is 0 Å². The van der Waals surface area contributed by atoms with Crippen LogP contribution in [-0.2, 0) is 0 Å². The highest BCUT2D eigenvalue weighted by Gasteiger charge is 2.15. The van der Waals surface area contributed by atoms with Crippen molar-refractivity contribution >= 4 is 61.0 Å². The molecule has 0 aliphatic rings. The first-order chi connectivity index (χ1) is 11.1. The van der Waals surface area contributed by atoms with Crippen LogP contribution in [0.2, 0.25) is 0 Å². The van der Waals surface area contributed by atoms with Crippen molar-refractivity contribution in [3.05, 3.63) is 56.1 Å². The Kier molecular flexibility index (Phi) is 2.94. The molecule has 6 heteroatoms. The Balaban J connectivity index is 2.36. The van der Waals surface area contributed by atoms with Gasteiger partial charge < -0.3 is 10.7 Å². The highest BCUT2D eigenvalue weighted by Crippen LogP contribution is 2.34. The van der Waals surface area contributed by atoms with Gasteiger partial charge in [0.25, 0.3) is 5.56 Å². The number of aromatic amines is 1. The van der Waals surface area contributed by atoms with E-state index in [2.05, 4.69) is 4.98 Å². The van der Waals surface area contributed by atoms with E-state index in [1.54, 1.807) is 0 Å². The molecule has 4 nitrogen and oxygen atoms in total. The summed E-state index contributed by atoms with van der Waals surface area (Å²) in [5.41, 5.74) is 6.84. The average Bonchev–Trinajstić information content (AvgIpc) is 2.54. The Morgan fingerprint density at radius 3 is 2.74 bits per heavy atom. The molecule has 0 radical (unpaired) electrons. The number of hydrogen-bond donors (Lipinski definition) is 2. The summed E-state index contributed by atoms with van der Waals surface area (Å²) in [5, 5.41) is 12.4. The van der Waals surface area contributed by atoms with Crippen LogP contribution in [-0.4, -0.2) is 4.98 Å². The predicted octanol–water partition coefficient (Wildman–Crippen LogP) is 4.08. The van der Waals surface area contributed by atoms with Crippen LogP contribution in [0.15, 0.2) is 41.2 Å². The number of hydrogen-bond acceptors (Lipinski definition) is 5. The van der Waals surface area contributed by atoms with E-state index in [0.717, 1.165) is 26.4 Å². The first-order valence-corrected chi connectivity index (χ1v) is 8.04. The third-order valence-electron chi connectivity index (χ3n) is 3.92. The lowest BCUT2D eigenvalue weighted by molar-refractivity contribution is 1.36. The van der Waals surface area contributed by atoms with Gasteiger partial charge in [0.1, 0.15) is 15.5 Å². The molecule has 0 amide bonds. The molecule has 2 aromatic carbocycles. The van der Waals surface area contributed by atoms with Crippen LogP contribution in [0.1, 0.15) is 5.56 Å². The molecule has 3 N–H and O–H groups in total. The van der Waals surface area contributed by atoms with E-state index in [1.807, 2.05) is 42.5 Å². The van der Waals surface area contributed by atoms with Gasteiger partial charge in [0, 0.05) is 10.8 Å². The first kappa shape index (κ1) is 13.9. The zero-order valence-corrected chi connectivity index (χ0v) is 13.3. The third kappa shape index (κ3) is 1.88. The molecule has 0 bridgehead atoms. The molecule has 23 heavy (non-hydrogen) atoms. The molecular weight excluding hydrogens is 326 g/mol. The van der Waals surface area contributed by atoms with Crippen LogP contribution >= 0.6 is 23.6 Å². The second-order valence-corrected chi connectivity index (χ2v) is 6.84. The number of nitriles is 1. The Morgan fingerprint density at radius 1 is 1.17 bits per heavy atom. The summed E-state index contributed by atoms with van der Waals surface area (Å²) < 4.78 is 1.12. The minimum atomic E-state index is -0.302. The number of anilines is 1. The predicted molar refractivity (Wildman–Crippen MR) is 97.4 cm³/mol. The van der Waals surface area contributed by atoms with E-state index in [0.29, 0.717) is 9.21 Å². The standard InChI is InChI=1S/C17H9N3OS2/c18-7-11-13(19)12-15(23-17(11)22)10-6-5-8-3-1-2-4-9(8)14(10)20-16(12)21/h1-6H,19H2,(H,20,21). The molecular formula is C17H9N3OS2. The Labute approximate surface area is 139 Å². The summed E-state index contributed by atoms with van der Waals surface area (Å²) >= 11 is 6.52. The maximum atomic E-state index is 12.6. The molecule has 4 rings (SSSR count). The fraction of sp³-hybridized carbons (Fsp3) is 0. The minimum absolute atomic E-state index is 0.155. The Morgan fingerprint density at radius 2 is 1.96 bits per heavy atom. The lowest BCUT2D eigenvalue weighted by atomic mass is 10.0. The van der Waals surface area contributed by atoms with Crippen molar-refractivity contribution in [2.75, 3.05) is 5.73 Å². The number of fused-ring (bicyclic) bond motifs is 5. The summed E-state index contributed by atoms with van der Waals surface area (Å²) in [6, 6.07) is 13.8. The van der Waals surface area contributed by atoms with E-state index in [-0.39, 0.29) is 16.8 Å². The maximum Gasteiger partial charge on any atom is 0.259 e. The third-order valence-corrected chi connectivity index (χ3v) is 5.39. The smallest absolute Gasteiger partial charge is 0.259 e. The SMILES string of the molecule is N#Cc1c(N)c2c(=O)[nH]c3c4ccccc4ccc3c2sc1=S. The van der Waals surface area contributed by atoms with Gasteiger partial charge in [0.2, 0.25) is 0 Å². The van der Waals surface area contributed by atoms with Crippen LogP contribution < -0.4 is 11.3 Å². The fourth-order valence-corrected chi connectivity index (χ4v) is 4.28. The van der Waals surface area contributed by atoms with Crippen molar-refractivity contribution in [1.82, 2.24) is 4.98 Å². The van der Waals surface area contributed by atoms with Gasteiger partial charge in [-0.3, -0.25) is 4.79 Å². The topological polar surface area (TPSA) is 82.7 Å². The molecule has 0 saturated carbocycles. The molecule has 4 aromatic rings. The minimum Gasteiger partial charge on any atom is -0.397 e. The highest BCUT2D eigenvalue weighted by molar-refractivity contribution is 7.74. The summed E-state index contributed by atoms with van der Waals surface area (Å²) in [7, 11) is 0. The monoisotopic (exact) mass is 335 g/mol. The highest BCUT2D eigenvalue weighted by atomic mass is 32.1. The molecule has 0 saturated heterocycles. The van der Waals surface area contributed by atoms with E-state index < -0.39 is 0 Å². The van der Waals surface area contributed by atoms with E-state index in [1.165, 1.54) is 11.3 Å². The van der Waals surface area contributed by atoms with E-state index in [4.69, 9.17) is 18.0 Å². The van der Waals surface area contributed by atoms with Gasteiger partial charge in [-0.2, -0.15) is 5.26 Å². The molecule has 0 unspecified atom stereocenters. The molecule has 110 valence electrons. The molecule has 0 spiro atoms. The quantitative estimate of drug-likeness (QED) is 0.375. The zero-order chi connectivity index (χ0) is 16.1. The molecule has 0 aliphatic heterocycles. The summed E-state index contributed by atoms with van der Waals surface area (Å²) in [5.74, 6) is 0. The van der Waals surface area contributed by atoms with Crippen LogP contribution in [0.4, 0.5) is 5.69 Å². The Bertz CT molecular complexity index is 1280. The summed E-state index contributed by atoms with van der Waals surface area (Å²) in [4.78, 5) is 15.5. The first-order valence-electron chi connectivity index (χ1n) is 6.82. The van der Waals surface area contributed by atoms with Crippen LogP contribution in [0.25, 0.3) is 31.8 Å². The van der Waals surface area contributed by atoms with Gasteiger partial charge in [-0.15, -0.1) is 11.3 Å². The number of nitrogens with one attached hydrogen (secondary N) is 1. The number of nitrogen functional groups attached to an aromatic ring is 1. The average molecular weight is 335 g/mol. The van der Waals surface area contributed by atoms with Gasteiger partial charge >= 0.3 is 0 Å². The van der Waals surface area contributed by atoms with Gasteiger partial charge in [-0.25, -0.2) is 0 Å². The zero-order valence-electron chi connectivity index (χ0n) is 11.7. The number of H-pyrrole nitrogens is 1. The van der Waals surface area contributed by atoms with Crippen molar-refractivity contribution in [3.8, 4) is 6.07 Å². The number of pyridine rings is 1. The second kappa shape index (κ2) is 4.88. The van der Waals surface area contributed by atoms with E-state index >= 15 is 0 Å².